The molecule has 0 amide bonds. The maximum atomic E-state index is 5.51. The van der Waals surface area contributed by atoms with Crippen LogP contribution in [0.4, 0.5) is 0 Å². The first-order valence-corrected chi connectivity index (χ1v) is 7.49. The number of aromatic nitrogens is 3. The number of pyridine rings is 2. The molecule has 0 aliphatic rings. The topological polar surface area (TPSA) is 39.9 Å². The highest BCUT2D eigenvalue weighted by Crippen LogP contribution is 2.32. The summed E-state index contributed by atoms with van der Waals surface area (Å²) in [6, 6.07) is 8.36. The van der Waals surface area contributed by atoms with Crippen LogP contribution in [0, 0.1) is 6.92 Å². The van der Waals surface area contributed by atoms with E-state index in [0.29, 0.717) is 11.8 Å². The van der Waals surface area contributed by atoms with Crippen molar-refractivity contribution < 1.29 is 4.74 Å². The van der Waals surface area contributed by atoms with Gasteiger partial charge in [0.15, 0.2) is 0 Å². The van der Waals surface area contributed by atoms with E-state index < -0.39 is 0 Å². The maximum absolute atomic E-state index is 5.51. The van der Waals surface area contributed by atoms with Gasteiger partial charge in [-0.25, -0.2) is 9.97 Å². The molecule has 0 unspecified atom stereocenters. The molecule has 3 aromatic heterocycles. The highest BCUT2D eigenvalue weighted by molar-refractivity contribution is 5.82. The Morgan fingerprint density at radius 3 is 2.59 bits per heavy atom. The standard InChI is InChI=1S/C18H21N3O/c1-11(2)15-7-6-14(18(19-15)22-5)16-12(3)10-13-8-9-21(4)17(13)20-16/h6-11H,1-5H3. The van der Waals surface area contributed by atoms with Crippen LogP contribution in [0.5, 0.6) is 5.88 Å². The van der Waals surface area contributed by atoms with Crippen LogP contribution < -0.4 is 4.74 Å². The number of rotatable bonds is 3. The molecule has 0 aliphatic carbocycles. The third kappa shape index (κ3) is 2.34. The van der Waals surface area contributed by atoms with Gasteiger partial charge in [-0.15, -0.1) is 0 Å². The van der Waals surface area contributed by atoms with Crippen LogP contribution in [0.3, 0.4) is 0 Å². The summed E-state index contributed by atoms with van der Waals surface area (Å²) in [5.41, 5.74) is 4.98. The van der Waals surface area contributed by atoms with Crippen molar-refractivity contribution in [2.24, 2.45) is 7.05 Å². The molecule has 3 aromatic rings. The van der Waals surface area contributed by atoms with Crippen molar-refractivity contribution in [3.05, 3.63) is 41.7 Å². The zero-order chi connectivity index (χ0) is 15.9. The van der Waals surface area contributed by atoms with E-state index >= 15 is 0 Å². The highest BCUT2D eigenvalue weighted by atomic mass is 16.5. The minimum atomic E-state index is 0.368. The summed E-state index contributed by atoms with van der Waals surface area (Å²) in [5.74, 6) is 1.00. The molecule has 0 radical (unpaired) electrons. The molecule has 3 heterocycles. The average Bonchev–Trinajstić information content (AvgIpc) is 2.86. The summed E-state index contributed by atoms with van der Waals surface area (Å²) in [6.07, 6.45) is 2.03. The van der Waals surface area contributed by atoms with Gasteiger partial charge in [-0.05, 0) is 42.7 Å². The second kappa shape index (κ2) is 5.44. The van der Waals surface area contributed by atoms with E-state index in [2.05, 4.69) is 50.0 Å². The van der Waals surface area contributed by atoms with Crippen LogP contribution in [0.2, 0.25) is 0 Å². The van der Waals surface area contributed by atoms with E-state index in [1.54, 1.807) is 7.11 Å². The summed E-state index contributed by atoms with van der Waals surface area (Å²) in [4.78, 5) is 9.46. The lowest BCUT2D eigenvalue weighted by atomic mass is 10.0. The molecule has 0 N–H and O–H groups in total. The maximum Gasteiger partial charge on any atom is 0.222 e. The molecule has 114 valence electrons. The van der Waals surface area contributed by atoms with Gasteiger partial charge in [0.05, 0.1) is 18.4 Å². The molecular weight excluding hydrogens is 274 g/mol. The van der Waals surface area contributed by atoms with E-state index in [1.165, 1.54) is 0 Å². The quantitative estimate of drug-likeness (QED) is 0.731. The minimum Gasteiger partial charge on any atom is -0.480 e. The molecule has 0 aromatic carbocycles. The Morgan fingerprint density at radius 1 is 1.14 bits per heavy atom. The number of aryl methyl sites for hydroxylation is 2. The van der Waals surface area contributed by atoms with Crippen LogP contribution in [0.1, 0.15) is 31.0 Å². The van der Waals surface area contributed by atoms with Crippen LogP contribution in [0.15, 0.2) is 30.5 Å². The number of methoxy groups -OCH3 is 1. The van der Waals surface area contributed by atoms with E-state index in [0.717, 1.165) is 33.5 Å². The fourth-order valence-corrected chi connectivity index (χ4v) is 2.68. The highest BCUT2D eigenvalue weighted by Gasteiger charge is 2.15. The second-order valence-electron chi connectivity index (χ2n) is 5.94. The molecule has 0 fully saturated rings. The lowest BCUT2D eigenvalue weighted by Gasteiger charge is -2.13. The number of hydrogen-bond donors (Lipinski definition) is 0. The monoisotopic (exact) mass is 295 g/mol. The Kier molecular flexibility index (Phi) is 3.61. The zero-order valence-electron chi connectivity index (χ0n) is 13.7. The lowest BCUT2D eigenvalue weighted by molar-refractivity contribution is 0.397. The van der Waals surface area contributed by atoms with E-state index in [-0.39, 0.29) is 0 Å². The molecule has 0 spiro atoms. The Balaban J connectivity index is 2.22. The van der Waals surface area contributed by atoms with Gasteiger partial charge in [-0.1, -0.05) is 13.8 Å². The summed E-state index contributed by atoms with van der Waals surface area (Å²) in [5, 5.41) is 1.15. The predicted molar refractivity (Wildman–Crippen MR) is 89.3 cm³/mol. The van der Waals surface area contributed by atoms with Crippen LogP contribution >= 0.6 is 0 Å². The largest absolute Gasteiger partial charge is 0.480 e. The summed E-state index contributed by atoms with van der Waals surface area (Å²) in [7, 11) is 3.66. The van der Waals surface area contributed by atoms with Crippen LogP contribution in [-0.4, -0.2) is 21.6 Å². The van der Waals surface area contributed by atoms with E-state index in [1.807, 2.05) is 17.8 Å². The molecule has 0 saturated heterocycles. The van der Waals surface area contributed by atoms with Crippen molar-refractivity contribution in [3.8, 4) is 17.1 Å². The van der Waals surface area contributed by atoms with Gasteiger partial charge in [0, 0.05) is 24.3 Å². The lowest BCUT2D eigenvalue weighted by Crippen LogP contribution is -2.00. The summed E-state index contributed by atoms with van der Waals surface area (Å²) >= 11 is 0. The number of fused-ring (bicyclic) bond motifs is 1. The summed E-state index contributed by atoms with van der Waals surface area (Å²) in [6.45, 7) is 6.33. The Bertz CT molecular complexity index is 834. The normalized spacial score (nSPS) is 11.4. The molecule has 0 atom stereocenters. The SMILES string of the molecule is COc1nc(C(C)C)ccc1-c1nc2c(ccn2C)cc1C. The number of nitrogens with zero attached hydrogens (tertiary/aromatic N) is 3. The van der Waals surface area contributed by atoms with Crippen molar-refractivity contribution in [1.82, 2.24) is 14.5 Å². The van der Waals surface area contributed by atoms with Crippen LogP contribution in [-0.2, 0) is 7.05 Å². The number of ether oxygens (including phenoxy) is 1. The first-order valence-electron chi connectivity index (χ1n) is 7.49. The smallest absolute Gasteiger partial charge is 0.222 e. The Labute approximate surface area is 130 Å². The van der Waals surface area contributed by atoms with Gasteiger partial charge in [-0.3, -0.25) is 0 Å². The van der Waals surface area contributed by atoms with Crippen molar-refractivity contribution in [2.75, 3.05) is 7.11 Å². The van der Waals surface area contributed by atoms with Crippen molar-refractivity contribution in [3.63, 3.8) is 0 Å². The molecule has 0 saturated carbocycles. The predicted octanol–water partition coefficient (Wildman–Crippen LogP) is 4.08. The van der Waals surface area contributed by atoms with Gasteiger partial charge in [0.25, 0.3) is 0 Å². The molecule has 3 rings (SSSR count). The third-order valence-electron chi connectivity index (χ3n) is 3.96. The molecule has 22 heavy (non-hydrogen) atoms. The van der Waals surface area contributed by atoms with E-state index in [4.69, 9.17) is 9.72 Å². The van der Waals surface area contributed by atoms with Gasteiger partial charge >= 0.3 is 0 Å². The molecule has 0 aliphatic heterocycles. The first-order chi connectivity index (χ1) is 10.5. The minimum absolute atomic E-state index is 0.368. The molecule has 4 nitrogen and oxygen atoms in total. The van der Waals surface area contributed by atoms with Gasteiger partial charge < -0.3 is 9.30 Å². The van der Waals surface area contributed by atoms with Crippen molar-refractivity contribution >= 4 is 11.0 Å². The number of hydrogen-bond acceptors (Lipinski definition) is 3. The fraction of sp³-hybridized carbons (Fsp3) is 0.333. The average molecular weight is 295 g/mol. The van der Waals surface area contributed by atoms with Gasteiger partial charge in [0.1, 0.15) is 5.65 Å². The fourth-order valence-electron chi connectivity index (χ4n) is 2.68. The first kappa shape index (κ1) is 14.6. The van der Waals surface area contributed by atoms with Crippen LogP contribution in [0.25, 0.3) is 22.3 Å². The molecule has 0 bridgehead atoms. The third-order valence-corrected chi connectivity index (χ3v) is 3.96. The molecule has 4 heteroatoms. The molecular formula is C18H21N3O. The van der Waals surface area contributed by atoms with Crippen molar-refractivity contribution in [2.45, 2.75) is 26.7 Å². The zero-order valence-corrected chi connectivity index (χ0v) is 13.7. The second-order valence-corrected chi connectivity index (χ2v) is 5.94. The van der Waals surface area contributed by atoms with Crippen molar-refractivity contribution in [1.29, 1.82) is 0 Å². The van der Waals surface area contributed by atoms with Gasteiger partial charge in [-0.2, -0.15) is 0 Å². The Morgan fingerprint density at radius 2 is 1.91 bits per heavy atom. The van der Waals surface area contributed by atoms with Gasteiger partial charge in [0.2, 0.25) is 5.88 Å². The summed E-state index contributed by atoms with van der Waals surface area (Å²) < 4.78 is 7.54. The van der Waals surface area contributed by atoms with E-state index in [9.17, 15) is 0 Å². The Hall–Kier alpha value is -2.36.